The standard InChI is InChI=1S/C20H22N2O6/c1-13(21-20(26)28-12-14-6-4-3-5-7-14)18(24)22-17(19(25)27-2)15-8-10-16(23)11-9-15/h3-11,13,17,23H,12H2,1-2H3,(H,21,26)(H,22,24)/t13-,17-/m0/s1. The van der Waals surface area contributed by atoms with Crippen molar-refractivity contribution < 1.29 is 29.0 Å². The lowest BCUT2D eigenvalue weighted by Crippen LogP contribution is -2.47. The normalized spacial score (nSPS) is 12.4. The zero-order chi connectivity index (χ0) is 20.5. The minimum absolute atomic E-state index is 0.0230. The van der Waals surface area contributed by atoms with Gasteiger partial charge in [-0.25, -0.2) is 9.59 Å². The number of aromatic hydroxyl groups is 1. The molecule has 0 radical (unpaired) electrons. The van der Waals surface area contributed by atoms with Crippen LogP contribution in [0.25, 0.3) is 0 Å². The molecular weight excluding hydrogens is 364 g/mol. The highest BCUT2D eigenvalue weighted by molar-refractivity contribution is 5.89. The minimum atomic E-state index is -1.08. The van der Waals surface area contributed by atoms with Crippen LogP contribution in [0.4, 0.5) is 4.79 Å². The monoisotopic (exact) mass is 386 g/mol. The van der Waals surface area contributed by atoms with Crippen molar-refractivity contribution in [3.8, 4) is 5.75 Å². The number of amides is 2. The maximum Gasteiger partial charge on any atom is 0.408 e. The highest BCUT2D eigenvalue weighted by atomic mass is 16.5. The number of hydrogen-bond donors (Lipinski definition) is 3. The van der Waals surface area contributed by atoms with Crippen molar-refractivity contribution in [3.05, 3.63) is 65.7 Å². The van der Waals surface area contributed by atoms with Crippen LogP contribution in [0.15, 0.2) is 54.6 Å². The molecular formula is C20H22N2O6. The summed E-state index contributed by atoms with van der Waals surface area (Å²) in [5.74, 6) is -1.26. The SMILES string of the molecule is COC(=O)[C@@H](NC(=O)[C@H](C)NC(=O)OCc1ccccc1)c1ccc(O)cc1. The number of esters is 1. The van der Waals surface area contributed by atoms with Crippen molar-refractivity contribution in [1.82, 2.24) is 10.6 Å². The fourth-order valence-corrected chi connectivity index (χ4v) is 2.34. The second kappa shape index (κ2) is 9.96. The Morgan fingerprint density at radius 1 is 1.00 bits per heavy atom. The fourth-order valence-electron chi connectivity index (χ4n) is 2.34. The summed E-state index contributed by atoms with van der Waals surface area (Å²) >= 11 is 0. The van der Waals surface area contributed by atoms with Gasteiger partial charge in [0, 0.05) is 0 Å². The molecule has 2 aromatic rings. The number of phenols is 1. The lowest BCUT2D eigenvalue weighted by Gasteiger charge is -2.20. The van der Waals surface area contributed by atoms with E-state index in [4.69, 9.17) is 9.47 Å². The van der Waals surface area contributed by atoms with E-state index in [1.807, 2.05) is 30.3 Å². The second-order valence-electron chi connectivity index (χ2n) is 5.98. The van der Waals surface area contributed by atoms with Gasteiger partial charge in [-0.2, -0.15) is 0 Å². The predicted molar refractivity (Wildman–Crippen MR) is 100 cm³/mol. The van der Waals surface area contributed by atoms with E-state index in [0.717, 1.165) is 5.56 Å². The molecule has 8 nitrogen and oxygen atoms in total. The first-order chi connectivity index (χ1) is 13.4. The molecule has 0 aliphatic heterocycles. The Balaban J connectivity index is 1.93. The van der Waals surface area contributed by atoms with Gasteiger partial charge in [0.25, 0.3) is 0 Å². The molecule has 8 heteroatoms. The van der Waals surface area contributed by atoms with Crippen molar-refractivity contribution >= 4 is 18.0 Å². The Kier molecular flexibility index (Phi) is 7.38. The molecule has 2 aromatic carbocycles. The third-order valence-corrected chi connectivity index (χ3v) is 3.89. The van der Waals surface area contributed by atoms with Crippen molar-refractivity contribution in [1.29, 1.82) is 0 Å². The fraction of sp³-hybridized carbons (Fsp3) is 0.250. The van der Waals surface area contributed by atoms with Crippen LogP contribution < -0.4 is 10.6 Å². The molecule has 28 heavy (non-hydrogen) atoms. The van der Waals surface area contributed by atoms with Crippen LogP contribution in [0, 0.1) is 0 Å². The highest BCUT2D eigenvalue weighted by Crippen LogP contribution is 2.18. The molecule has 0 spiro atoms. The summed E-state index contributed by atoms with van der Waals surface area (Å²) in [7, 11) is 1.20. The average molecular weight is 386 g/mol. The molecule has 2 amide bonds. The average Bonchev–Trinajstić information content (AvgIpc) is 2.71. The molecule has 0 bridgehead atoms. The van der Waals surface area contributed by atoms with E-state index >= 15 is 0 Å². The van der Waals surface area contributed by atoms with E-state index in [-0.39, 0.29) is 12.4 Å². The van der Waals surface area contributed by atoms with E-state index < -0.39 is 30.1 Å². The molecule has 0 fully saturated rings. The molecule has 0 heterocycles. The topological polar surface area (TPSA) is 114 Å². The first-order valence-electron chi connectivity index (χ1n) is 8.55. The molecule has 3 N–H and O–H groups in total. The van der Waals surface area contributed by atoms with Gasteiger partial charge in [-0.3, -0.25) is 4.79 Å². The van der Waals surface area contributed by atoms with Gasteiger partial charge in [0.05, 0.1) is 7.11 Å². The van der Waals surface area contributed by atoms with E-state index in [9.17, 15) is 19.5 Å². The van der Waals surface area contributed by atoms with Gasteiger partial charge < -0.3 is 25.2 Å². The van der Waals surface area contributed by atoms with Crippen molar-refractivity contribution in [2.45, 2.75) is 25.6 Å². The summed E-state index contributed by atoms with van der Waals surface area (Å²) in [6, 6.07) is 12.8. The Morgan fingerprint density at radius 3 is 2.25 bits per heavy atom. The highest BCUT2D eigenvalue weighted by Gasteiger charge is 2.26. The molecule has 2 rings (SSSR count). The lowest BCUT2D eigenvalue weighted by molar-refractivity contribution is -0.145. The molecule has 148 valence electrons. The number of carbonyl (C=O) groups excluding carboxylic acids is 3. The quantitative estimate of drug-likeness (QED) is 0.628. The minimum Gasteiger partial charge on any atom is -0.508 e. The second-order valence-corrected chi connectivity index (χ2v) is 5.98. The zero-order valence-electron chi connectivity index (χ0n) is 15.5. The molecule has 0 aliphatic rings. The summed E-state index contributed by atoms with van der Waals surface area (Å²) in [6.07, 6.45) is -0.759. The van der Waals surface area contributed by atoms with Crippen molar-refractivity contribution in [2.24, 2.45) is 0 Å². The van der Waals surface area contributed by atoms with Crippen LogP contribution in [0.1, 0.15) is 24.1 Å². The van der Waals surface area contributed by atoms with Gasteiger partial charge in [0.1, 0.15) is 18.4 Å². The van der Waals surface area contributed by atoms with Gasteiger partial charge in [0.15, 0.2) is 6.04 Å². The van der Waals surface area contributed by atoms with Crippen LogP contribution in [-0.4, -0.2) is 36.2 Å². The van der Waals surface area contributed by atoms with Crippen LogP contribution >= 0.6 is 0 Å². The Bertz CT molecular complexity index is 807. The van der Waals surface area contributed by atoms with E-state index in [2.05, 4.69) is 10.6 Å². The molecule has 0 unspecified atom stereocenters. The number of methoxy groups -OCH3 is 1. The van der Waals surface area contributed by atoms with Gasteiger partial charge in [0.2, 0.25) is 5.91 Å². The molecule has 0 saturated heterocycles. The van der Waals surface area contributed by atoms with Crippen LogP contribution in [0.2, 0.25) is 0 Å². The summed E-state index contributed by atoms with van der Waals surface area (Å²) < 4.78 is 9.79. The number of alkyl carbamates (subject to hydrolysis) is 1. The number of hydrogen-bond acceptors (Lipinski definition) is 6. The van der Waals surface area contributed by atoms with Crippen LogP contribution in [-0.2, 0) is 25.7 Å². The van der Waals surface area contributed by atoms with Gasteiger partial charge in [-0.1, -0.05) is 42.5 Å². The first kappa shape index (κ1) is 20.8. The third-order valence-electron chi connectivity index (χ3n) is 3.89. The van der Waals surface area contributed by atoms with E-state index in [1.165, 1.54) is 38.3 Å². The maximum atomic E-state index is 12.4. The number of nitrogens with one attached hydrogen (secondary N) is 2. The smallest absolute Gasteiger partial charge is 0.408 e. The Hall–Kier alpha value is -3.55. The molecule has 0 saturated carbocycles. The van der Waals surface area contributed by atoms with E-state index in [1.54, 1.807) is 0 Å². The van der Waals surface area contributed by atoms with Crippen LogP contribution in [0.3, 0.4) is 0 Å². The van der Waals surface area contributed by atoms with Crippen LogP contribution in [0.5, 0.6) is 5.75 Å². The summed E-state index contributed by atoms with van der Waals surface area (Å²) in [4.78, 5) is 36.3. The number of benzene rings is 2. The summed E-state index contributed by atoms with van der Waals surface area (Å²) in [5, 5.41) is 14.3. The van der Waals surface area contributed by atoms with Gasteiger partial charge in [-0.05, 0) is 30.2 Å². The van der Waals surface area contributed by atoms with Gasteiger partial charge in [-0.15, -0.1) is 0 Å². The Morgan fingerprint density at radius 2 is 1.64 bits per heavy atom. The van der Waals surface area contributed by atoms with Crippen molar-refractivity contribution in [2.75, 3.05) is 7.11 Å². The van der Waals surface area contributed by atoms with E-state index in [0.29, 0.717) is 5.56 Å². The third kappa shape index (κ3) is 6.01. The predicted octanol–water partition coefficient (Wildman–Crippen LogP) is 2.04. The number of phenolic OH excluding ortho intramolecular Hbond substituents is 1. The zero-order valence-corrected chi connectivity index (χ0v) is 15.5. The Labute approximate surface area is 162 Å². The molecule has 0 aliphatic carbocycles. The number of ether oxygens (including phenoxy) is 2. The number of rotatable bonds is 7. The summed E-state index contributed by atoms with van der Waals surface area (Å²) in [6.45, 7) is 1.53. The largest absolute Gasteiger partial charge is 0.508 e. The lowest BCUT2D eigenvalue weighted by atomic mass is 10.1. The molecule has 2 atom stereocenters. The maximum absolute atomic E-state index is 12.4. The van der Waals surface area contributed by atoms with Gasteiger partial charge >= 0.3 is 12.1 Å². The first-order valence-corrected chi connectivity index (χ1v) is 8.55. The molecule has 0 aromatic heterocycles. The van der Waals surface area contributed by atoms with Crippen molar-refractivity contribution in [3.63, 3.8) is 0 Å². The number of carbonyl (C=O) groups is 3. The summed E-state index contributed by atoms with van der Waals surface area (Å²) in [5.41, 5.74) is 1.24.